The summed E-state index contributed by atoms with van der Waals surface area (Å²) in [6.45, 7) is 2.96. The fourth-order valence-corrected chi connectivity index (χ4v) is 2.70. The summed E-state index contributed by atoms with van der Waals surface area (Å²) in [5, 5.41) is 6.62. The highest BCUT2D eigenvalue weighted by Gasteiger charge is 2.07. The van der Waals surface area contributed by atoms with E-state index < -0.39 is 0 Å². The monoisotopic (exact) mass is 382 g/mol. The Kier molecular flexibility index (Phi) is 5.43. The largest absolute Gasteiger partial charge is 0.354 e. The van der Waals surface area contributed by atoms with Crippen LogP contribution in [0.2, 0.25) is 0 Å². The second-order valence-electron chi connectivity index (χ2n) is 5.39. The zero-order valence-corrected chi connectivity index (χ0v) is 15.0. The van der Waals surface area contributed by atoms with Crippen molar-refractivity contribution in [1.82, 2.24) is 9.97 Å². The second kappa shape index (κ2) is 7.93. The number of aromatic nitrogens is 2. The van der Waals surface area contributed by atoms with Crippen LogP contribution in [-0.4, -0.2) is 16.5 Å². The number of nitrogens with one attached hydrogen (secondary N) is 2. The van der Waals surface area contributed by atoms with Crippen LogP contribution in [0.4, 0.5) is 17.5 Å². The summed E-state index contributed by atoms with van der Waals surface area (Å²) in [4.78, 5) is 9.20. The molecule has 122 valence electrons. The average Bonchev–Trinajstić information content (AvgIpc) is 2.60. The smallest absolute Gasteiger partial charge is 0.225 e. The Bertz CT molecular complexity index is 805. The number of hydrogen-bond donors (Lipinski definition) is 2. The lowest BCUT2D eigenvalue weighted by Crippen LogP contribution is -2.06. The van der Waals surface area contributed by atoms with E-state index in [-0.39, 0.29) is 0 Å². The van der Waals surface area contributed by atoms with Gasteiger partial charge in [0, 0.05) is 28.3 Å². The summed E-state index contributed by atoms with van der Waals surface area (Å²) < 4.78 is 1.02. The molecule has 4 nitrogen and oxygen atoms in total. The molecule has 0 saturated heterocycles. The van der Waals surface area contributed by atoms with Crippen LogP contribution in [0.25, 0.3) is 11.3 Å². The zero-order chi connectivity index (χ0) is 16.8. The number of nitrogens with zero attached hydrogens (tertiary/aromatic N) is 2. The Balaban J connectivity index is 1.95. The fraction of sp³-hybridized carbons (Fsp3) is 0.158. The summed E-state index contributed by atoms with van der Waals surface area (Å²) in [6.07, 6.45) is 1.02. The van der Waals surface area contributed by atoms with Crippen LogP contribution in [-0.2, 0) is 0 Å². The molecule has 0 aliphatic heterocycles. The van der Waals surface area contributed by atoms with Crippen LogP contribution >= 0.6 is 15.9 Å². The maximum absolute atomic E-state index is 4.63. The Morgan fingerprint density at radius 2 is 1.79 bits per heavy atom. The van der Waals surface area contributed by atoms with Gasteiger partial charge in [-0.1, -0.05) is 59.3 Å². The first kappa shape index (κ1) is 16.5. The van der Waals surface area contributed by atoms with E-state index in [0.29, 0.717) is 5.95 Å². The van der Waals surface area contributed by atoms with Gasteiger partial charge < -0.3 is 10.6 Å². The van der Waals surface area contributed by atoms with E-state index in [1.165, 1.54) is 0 Å². The molecule has 1 heterocycles. The highest BCUT2D eigenvalue weighted by atomic mass is 79.9. The van der Waals surface area contributed by atoms with Gasteiger partial charge in [0.1, 0.15) is 5.82 Å². The molecule has 1 aromatic heterocycles. The first-order valence-electron chi connectivity index (χ1n) is 7.95. The van der Waals surface area contributed by atoms with E-state index in [9.17, 15) is 0 Å². The van der Waals surface area contributed by atoms with Crippen LogP contribution in [0.1, 0.15) is 13.3 Å². The minimum atomic E-state index is 0.635. The van der Waals surface area contributed by atoms with Crippen molar-refractivity contribution in [2.45, 2.75) is 13.3 Å². The quantitative estimate of drug-likeness (QED) is 0.593. The maximum atomic E-state index is 4.63. The number of rotatable bonds is 6. The van der Waals surface area contributed by atoms with E-state index in [0.717, 1.165) is 40.2 Å². The van der Waals surface area contributed by atoms with E-state index in [1.54, 1.807) is 0 Å². The minimum Gasteiger partial charge on any atom is -0.354 e. The highest BCUT2D eigenvalue weighted by Crippen LogP contribution is 2.24. The lowest BCUT2D eigenvalue weighted by atomic mass is 10.1. The summed E-state index contributed by atoms with van der Waals surface area (Å²) in [5.74, 6) is 1.40. The minimum absolute atomic E-state index is 0.635. The molecule has 5 heteroatoms. The topological polar surface area (TPSA) is 49.8 Å². The predicted molar refractivity (Wildman–Crippen MR) is 104 cm³/mol. The Hall–Kier alpha value is -2.40. The van der Waals surface area contributed by atoms with E-state index in [4.69, 9.17) is 0 Å². The van der Waals surface area contributed by atoms with Gasteiger partial charge in [-0.05, 0) is 24.6 Å². The summed E-state index contributed by atoms with van der Waals surface area (Å²) >= 11 is 3.49. The molecule has 3 aromatic rings. The Morgan fingerprint density at radius 3 is 2.54 bits per heavy atom. The average molecular weight is 383 g/mol. The molecule has 0 fully saturated rings. The Labute approximate surface area is 150 Å². The molecule has 0 amide bonds. The van der Waals surface area contributed by atoms with Crippen molar-refractivity contribution in [1.29, 1.82) is 0 Å². The summed E-state index contributed by atoms with van der Waals surface area (Å²) in [6, 6.07) is 20.1. The van der Waals surface area contributed by atoms with Gasteiger partial charge in [0.25, 0.3) is 0 Å². The molecule has 24 heavy (non-hydrogen) atoms. The normalized spacial score (nSPS) is 10.4. The Morgan fingerprint density at radius 1 is 0.958 bits per heavy atom. The van der Waals surface area contributed by atoms with E-state index in [1.807, 2.05) is 48.5 Å². The first-order valence-corrected chi connectivity index (χ1v) is 8.75. The SMILES string of the molecule is CCCNc1nc(Nc2cccc(Br)c2)cc(-c2ccccc2)n1. The highest BCUT2D eigenvalue weighted by molar-refractivity contribution is 9.10. The molecule has 3 rings (SSSR count). The van der Waals surface area contributed by atoms with Crippen molar-refractivity contribution < 1.29 is 0 Å². The van der Waals surface area contributed by atoms with E-state index >= 15 is 0 Å². The molecular formula is C19H19BrN4. The third-order valence-corrected chi connectivity index (χ3v) is 3.92. The van der Waals surface area contributed by atoms with Crippen LogP contribution in [0.15, 0.2) is 65.1 Å². The van der Waals surface area contributed by atoms with Crippen molar-refractivity contribution in [2.75, 3.05) is 17.2 Å². The zero-order valence-electron chi connectivity index (χ0n) is 13.5. The van der Waals surface area contributed by atoms with Crippen LogP contribution in [0, 0.1) is 0 Å². The van der Waals surface area contributed by atoms with Crippen LogP contribution in [0.3, 0.4) is 0 Å². The van der Waals surface area contributed by atoms with Crippen LogP contribution in [0.5, 0.6) is 0 Å². The van der Waals surface area contributed by atoms with Gasteiger partial charge in [-0.3, -0.25) is 0 Å². The van der Waals surface area contributed by atoms with Gasteiger partial charge in [0.15, 0.2) is 0 Å². The number of halogens is 1. The first-order chi connectivity index (χ1) is 11.7. The predicted octanol–water partition coefficient (Wildman–Crippen LogP) is 5.47. The molecule has 0 radical (unpaired) electrons. The fourth-order valence-electron chi connectivity index (χ4n) is 2.30. The van der Waals surface area contributed by atoms with Gasteiger partial charge in [-0.15, -0.1) is 0 Å². The second-order valence-corrected chi connectivity index (χ2v) is 6.31. The van der Waals surface area contributed by atoms with Gasteiger partial charge in [-0.25, -0.2) is 4.98 Å². The molecule has 0 unspecified atom stereocenters. The summed E-state index contributed by atoms with van der Waals surface area (Å²) in [5.41, 5.74) is 2.93. The molecule has 2 N–H and O–H groups in total. The van der Waals surface area contributed by atoms with Crippen molar-refractivity contribution in [3.8, 4) is 11.3 Å². The molecule has 2 aromatic carbocycles. The van der Waals surface area contributed by atoms with Crippen molar-refractivity contribution in [2.24, 2.45) is 0 Å². The number of hydrogen-bond acceptors (Lipinski definition) is 4. The third kappa shape index (κ3) is 4.32. The molecule has 0 atom stereocenters. The molecular weight excluding hydrogens is 364 g/mol. The van der Waals surface area contributed by atoms with Crippen molar-refractivity contribution in [3.63, 3.8) is 0 Å². The molecule has 0 aliphatic rings. The van der Waals surface area contributed by atoms with Gasteiger partial charge in [-0.2, -0.15) is 4.98 Å². The van der Waals surface area contributed by atoms with Gasteiger partial charge >= 0.3 is 0 Å². The molecule has 0 aliphatic carbocycles. The van der Waals surface area contributed by atoms with Crippen molar-refractivity contribution >= 4 is 33.4 Å². The van der Waals surface area contributed by atoms with Crippen LogP contribution < -0.4 is 10.6 Å². The summed E-state index contributed by atoms with van der Waals surface area (Å²) in [7, 11) is 0. The number of anilines is 3. The lowest BCUT2D eigenvalue weighted by Gasteiger charge is -2.11. The third-order valence-electron chi connectivity index (χ3n) is 3.43. The molecule has 0 spiro atoms. The molecule has 0 bridgehead atoms. The maximum Gasteiger partial charge on any atom is 0.225 e. The molecule has 0 saturated carbocycles. The lowest BCUT2D eigenvalue weighted by molar-refractivity contribution is 0.954. The number of benzene rings is 2. The standard InChI is InChI=1S/C19H19BrN4/c1-2-11-21-19-23-17(14-7-4-3-5-8-14)13-18(24-19)22-16-10-6-9-15(20)12-16/h3-10,12-13H,2,11H2,1H3,(H2,21,22,23,24). The van der Waals surface area contributed by atoms with Gasteiger partial charge in [0.05, 0.1) is 5.69 Å². The van der Waals surface area contributed by atoms with E-state index in [2.05, 4.69) is 55.6 Å². The van der Waals surface area contributed by atoms with Gasteiger partial charge in [0.2, 0.25) is 5.95 Å². The van der Waals surface area contributed by atoms with Crippen molar-refractivity contribution in [3.05, 3.63) is 65.1 Å².